The first-order chi connectivity index (χ1) is 11.8. The maximum Gasteiger partial charge on any atom is 0.335 e. The molecule has 4 aliphatic rings. The summed E-state index contributed by atoms with van der Waals surface area (Å²) in [6.45, 7) is 0. The first-order valence-electron chi connectivity index (χ1n) is 7.97. The third-order valence-electron chi connectivity index (χ3n) is 5.36. The Hall–Kier alpha value is -2.48. The summed E-state index contributed by atoms with van der Waals surface area (Å²) >= 11 is 0. The van der Waals surface area contributed by atoms with E-state index in [9.17, 15) is 22.8 Å². The first-order valence-corrected chi connectivity index (χ1v) is 9.41. The summed E-state index contributed by atoms with van der Waals surface area (Å²) in [7, 11) is -4.34. The van der Waals surface area contributed by atoms with Gasteiger partial charge in [-0.15, -0.1) is 0 Å². The zero-order valence-corrected chi connectivity index (χ0v) is 13.8. The minimum absolute atomic E-state index is 0.0751. The van der Waals surface area contributed by atoms with Gasteiger partial charge in [0.25, 0.3) is 10.0 Å². The second-order valence-corrected chi connectivity index (χ2v) is 8.40. The zero-order valence-electron chi connectivity index (χ0n) is 13.0. The Kier molecular flexibility index (Phi) is 3.37. The summed E-state index contributed by atoms with van der Waals surface area (Å²) in [5.74, 6) is -3.94. The fourth-order valence-electron chi connectivity index (χ4n) is 4.16. The number of hydrogen-bond donors (Lipinski definition) is 1. The SMILES string of the molecule is O=C(O)c1ccc(S(=O)(=O)N2C(=O)C3C4C=CC(CC4)C3C2=O)cc1. The average Bonchev–Trinajstić information content (AvgIpc) is 2.90. The molecule has 1 saturated heterocycles. The number of hydrogen-bond acceptors (Lipinski definition) is 5. The largest absolute Gasteiger partial charge is 0.478 e. The summed E-state index contributed by atoms with van der Waals surface area (Å²) < 4.78 is 26.1. The number of carbonyl (C=O) groups excluding carboxylic acids is 2. The lowest BCUT2D eigenvalue weighted by Crippen LogP contribution is -2.38. The van der Waals surface area contributed by atoms with Gasteiger partial charge in [0, 0.05) is 0 Å². The van der Waals surface area contributed by atoms with E-state index in [1.54, 1.807) is 0 Å². The van der Waals surface area contributed by atoms with Gasteiger partial charge in [-0.05, 0) is 48.9 Å². The molecule has 0 radical (unpaired) electrons. The Morgan fingerprint density at radius 2 is 1.44 bits per heavy atom. The third-order valence-corrected chi connectivity index (χ3v) is 7.07. The standard InChI is InChI=1S/C17H15NO6S/c19-15-13-9-1-2-10(4-3-9)14(13)16(20)18(15)25(23,24)12-7-5-11(6-8-12)17(21)22/h1-2,5-10,13-14H,3-4H2,(H,21,22). The number of carboxylic acids is 1. The number of imide groups is 1. The van der Waals surface area contributed by atoms with Crippen molar-refractivity contribution >= 4 is 27.8 Å². The molecule has 3 aliphatic carbocycles. The minimum atomic E-state index is -4.34. The number of nitrogens with zero attached hydrogens (tertiary/aromatic N) is 1. The molecule has 7 nitrogen and oxygen atoms in total. The number of benzene rings is 1. The first kappa shape index (κ1) is 16.0. The topological polar surface area (TPSA) is 109 Å². The summed E-state index contributed by atoms with van der Waals surface area (Å²) in [6, 6.07) is 4.49. The highest BCUT2D eigenvalue weighted by Gasteiger charge is 2.59. The number of aromatic carboxylic acids is 1. The number of sulfonamides is 1. The molecule has 5 rings (SSSR count). The van der Waals surface area contributed by atoms with E-state index in [1.807, 2.05) is 12.2 Å². The predicted molar refractivity (Wildman–Crippen MR) is 84.8 cm³/mol. The maximum atomic E-state index is 12.8. The van der Waals surface area contributed by atoms with Crippen LogP contribution >= 0.6 is 0 Å². The highest BCUT2D eigenvalue weighted by Crippen LogP contribution is 2.50. The molecule has 4 atom stereocenters. The predicted octanol–water partition coefficient (Wildman–Crippen LogP) is 1.27. The van der Waals surface area contributed by atoms with Crippen LogP contribution < -0.4 is 0 Å². The van der Waals surface area contributed by atoms with Crippen LogP contribution in [0.4, 0.5) is 0 Å². The molecular weight excluding hydrogens is 346 g/mol. The molecule has 0 aromatic heterocycles. The van der Waals surface area contributed by atoms with Crippen molar-refractivity contribution in [3.05, 3.63) is 42.0 Å². The van der Waals surface area contributed by atoms with Crippen LogP contribution in [0.2, 0.25) is 0 Å². The molecule has 1 aliphatic heterocycles. The van der Waals surface area contributed by atoms with Crippen molar-refractivity contribution in [1.82, 2.24) is 4.31 Å². The van der Waals surface area contributed by atoms with Gasteiger partial charge in [-0.3, -0.25) is 9.59 Å². The quantitative estimate of drug-likeness (QED) is 0.641. The molecule has 1 aromatic carbocycles. The maximum absolute atomic E-state index is 12.8. The molecule has 1 N–H and O–H groups in total. The van der Waals surface area contributed by atoms with Crippen molar-refractivity contribution in [1.29, 1.82) is 0 Å². The van der Waals surface area contributed by atoms with Crippen LogP contribution in [0.25, 0.3) is 0 Å². The molecule has 8 heteroatoms. The smallest absolute Gasteiger partial charge is 0.335 e. The van der Waals surface area contributed by atoms with Gasteiger partial charge in [0.2, 0.25) is 11.8 Å². The van der Waals surface area contributed by atoms with Crippen LogP contribution in [-0.4, -0.2) is 35.6 Å². The van der Waals surface area contributed by atoms with E-state index in [-0.39, 0.29) is 22.3 Å². The van der Waals surface area contributed by atoms with E-state index in [2.05, 4.69) is 0 Å². The van der Waals surface area contributed by atoms with Crippen LogP contribution in [-0.2, 0) is 19.6 Å². The van der Waals surface area contributed by atoms with Gasteiger partial charge in [-0.1, -0.05) is 12.2 Å². The van der Waals surface area contributed by atoms with Crippen molar-refractivity contribution in [2.45, 2.75) is 17.7 Å². The molecule has 2 fully saturated rings. The molecular formula is C17H15NO6S. The second-order valence-electron chi connectivity index (χ2n) is 6.62. The van der Waals surface area contributed by atoms with Crippen molar-refractivity contribution in [2.75, 3.05) is 0 Å². The van der Waals surface area contributed by atoms with Gasteiger partial charge < -0.3 is 5.11 Å². The number of carbonyl (C=O) groups is 3. The molecule has 130 valence electrons. The summed E-state index contributed by atoms with van der Waals surface area (Å²) in [5, 5.41) is 8.90. The van der Waals surface area contributed by atoms with E-state index in [4.69, 9.17) is 5.11 Å². The van der Waals surface area contributed by atoms with Gasteiger partial charge in [0.05, 0.1) is 22.3 Å². The van der Waals surface area contributed by atoms with Crippen LogP contribution in [0.1, 0.15) is 23.2 Å². The van der Waals surface area contributed by atoms with E-state index < -0.39 is 39.6 Å². The minimum Gasteiger partial charge on any atom is -0.478 e. The summed E-state index contributed by atoms with van der Waals surface area (Å²) in [5.41, 5.74) is -0.0751. The van der Waals surface area contributed by atoms with Crippen molar-refractivity contribution < 1.29 is 27.9 Å². The fraction of sp³-hybridized carbons (Fsp3) is 0.353. The molecule has 1 saturated carbocycles. The van der Waals surface area contributed by atoms with Crippen molar-refractivity contribution in [2.24, 2.45) is 23.7 Å². The molecule has 1 heterocycles. The third kappa shape index (κ3) is 2.17. The second kappa shape index (κ2) is 5.26. The van der Waals surface area contributed by atoms with Crippen LogP contribution in [0.15, 0.2) is 41.3 Å². The van der Waals surface area contributed by atoms with Gasteiger partial charge in [0.15, 0.2) is 0 Å². The van der Waals surface area contributed by atoms with Crippen LogP contribution in [0.5, 0.6) is 0 Å². The van der Waals surface area contributed by atoms with Crippen LogP contribution in [0, 0.1) is 23.7 Å². The highest BCUT2D eigenvalue weighted by atomic mass is 32.2. The lowest BCUT2D eigenvalue weighted by Gasteiger charge is -2.38. The van der Waals surface area contributed by atoms with E-state index >= 15 is 0 Å². The average molecular weight is 361 g/mol. The van der Waals surface area contributed by atoms with Gasteiger partial charge >= 0.3 is 5.97 Å². The van der Waals surface area contributed by atoms with Crippen molar-refractivity contribution in [3.8, 4) is 0 Å². The lowest BCUT2D eigenvalue weighted by atomic mass is 9.63. The monoisotopic (exact) mass is 361 g/mol. The number of amides is 2. The number of fused-ring (bicyclic) bond motifs is 1. The molecule has 2 bridgehead atoms. The lowest BCUT2D eigenvalue weighted by molar-refractivity contribution is -0.134. The molecule has 4 unspecified atom stereocenters. The van der Waals surface area contributed by atoms with E-state index in [0.29, 0.717) is 4.31 Å². The Morgan fingerprint density at radius 3 is 1.84 bits per heavy atom. The Morgan fingerprint density at radius 1 is 0.960 bits per heavy atom. The van der Waals surface area contributed by atoms with Gasteiger partial charge in [-0.25, -0.2) is 13.2 Å². The summed E-state index contributed by atoms with van der Waals surface area (Å²) in [4.78, 5) is 36.1. The summed E-state index contributed by atoms with van der Waals surface area (Å²) in [6.07, 6.45) is 5.39. The fourth-order valence-corrected chi connectivity index (χ4v) is 5.57. The Bertz CT molecular complexity index is 885. The zero-order chi connectivity index (χ0) is 17.9. The molecule has 25 heavy (non-hydrogen) atoms. The van der Waals surface area contributed by atoms with E-state index in [0.717, 1.165) is 37.1 Å². The van der Waals surface area contributed by atoms with E-state index in [1.165, 1.54) is 0 Å². The Balaban J connectivity index is 1.73. The van der Waals surface area contributed by atoms with Crippen LogP contribution in [0.3, 0.4) is 0 Å². The van der Waals surface area contributed by atoms with Gasteiger partial charge in [0.1, 0.15) is 0 Å². The number of rotatable bonds is 3. The molecule has 1 aromatic rings. The molecule has 0 spiro atoms. The molecule has 2 amide bonds. The number of carboxylic acid groups (broad SMARTS) is 1. The number of allylic oxidation sites excluding steroid dienone is 2. The van der Waals surface area contributed by atoms with Crippen molar-refractivity contribution in [3.63, 3.8) is 0 Å². The van der Waals surface area contributed by atoms with Gasteiger partial charge in [-0.2, -0.15) is 4.31 Å². The normalized spacial score (nSPS) is 30.6. The Labute approximate surface area is 144 Å². The highest BCUT2D eigenvalue weighted by molar-refractivity contribution is 7.90.